The zero-order valence-corrected chi connectivity index (χ0v) is 18.2. The minimum atomic E-state index is 0.334. The van der Waals surface area contributed by atoms with Crippen molar-refractivity contribution in [2.45, 2.75) is 6.92 Å². The van der Waals surface area contributed by atoms with E-state index in [1.807, 2.05) is 19.1 Å². The van der Waals surface area contributed by atoms with Crippen molar-refractivity contribution in [2.75, 3.05) is 5.32 Å². The first-order valence-electron chi connectivity index (χ1n) is 7.94. The number of hydrogen-bond acceptors (Lipinski definition) is 3. The molecule has 0 aliphatic rings. The Kier molecular flexibility index (Phi) is 6.86. The molecule has 1 aromatic heterocycles. The fourth-order valence-corrected chi connectivity index (χ4v) is 3.38. The molecule has 2 N–H and O–H groups in total. The van der Waals surface area contributed by atoms with Crippen LogP contribution in [0.5, 0.6) is 0 Å². The first-order valence-corrected chi connectivity index (χ1v) is 9.86. The molecule has 4 nitrogen and oxygen atoms in total. The zero-order chi connectivity index (χ0) is 20.3. The number of hydrogen-bond donors (Lipinski definition) is 2. The summed E-state index contributed by atoms with van der Waals surface area (Å²) in [4.78, 5) is 0. The van der Waals surface area contributed by atoms with Crippen LogP contribution in [-0.2, 0) is 0 Å². The molecule has 0 amide bonds. The molecule has 0 aliphatic heterocycles. The molecule has 0 spiro atoms. The van der Waals surface area contributed by atoms with Crippen LogP contribution in [-0.4, -0.2) is 11.3 Å². The molecule has 9 heteroatoms. The molecule has 3 aromatic rings. The highest BCUT2D eigenvalue weighted by Gasteiger charge is 2.11. The zero-order valence-electron chi connectivity index (χ0n) is 14.4. The van der Waals surface area contributed by atoms with Crippen molar-refractivity contribution in [3.63, 3.8) is 0 Å². The number of anilines is 1. The van der Waals surface area contributed by atoms with E-state index in [1.165, 1.54) is 6.21 Å². The van der Waals surface area contributed by atoms with Crippen LogP contribution in [0.25, 0.3) is 11.3 Å². The molecule has 0 atom stereocenters. The molecule has 0 radical (unpaired) electrons. The van der Waals surface area contributed by atoms with E-state index in [1.54, 1.807) is 30.3 Å². The van der Waals surface area contributed by atoms with Crippen molar-refractivity contribution < 1.29 is 4.42 Å². The lowest BCUT2D eigenvalue weighted by Crippen LogP contribution is -2.24. The lowest BCUT2D eigenvalue weighted by atomic mass is 10.2. The second-order valence-corrected chi connectivity index (χ2v) is 7.80. The maximum atomic E-state index is 6.21. The van der Waals surface area contributed by atoms with Crippen molar-refractivity contribution >= 4 is 75.6 Å². The molecule has 28 heavy (non-hydrogen) atoms. The summed E-state index contributed by atoms with van der Waals surface area (Å²) in [6, 6.07) is 12.2. The van der Waals surface area contributed by atoms with Gasteiger partial charge < -0.3 is 9.73 Å². The Balaban J connectivity index is 1.64. The molecule has 144 valence electrons. The van der Waals surface area contributed by atoms with E-state index in [4.69, 9.17) is 63.0 Å². The number of rotatable bonds is 4. The SMILES string of the molecule is Cc1cc(Cl)ccc1NC(=S)N/N=C/c1ccc(-c2cc(Cl)c(Cl)cc2Cl)o1. The van der Waals surface area contributed by atoms with E-state index in [2.05, 4.69) is 15.8 Å². The molecule has 0 bridgehead atoms. The van der Waals surface area contributed by atoms with E-state index in [9.17, 15) is 0 Å². The topological polar surface area (TPSA) is 49.6 Å². The van der Waals surface area contributed by atoms with Crippen molar-refractivity contribution in [3.05, 3.63) is 73.9 Å². The van der Waals surface area contributed by atoms with Crippen LogP contribution in [0, 0.1) is 6.92 Å². The molecule has 1 heterocycles. The molecule has 3 rings (SSSR count). The van der Waals surface area contributed by atoms with Gasteiger partial charge in [0.15, 0.2) is 5.11 Å². The number of halogens is 4. The minimum Gasteiger partial charge on any atom is -0.455 e. The van der Waals surface area contributed by atoms with Gasteiger partial charge in [0.25, 0.3) is 0 Å². The van der Waals surface area contributed by atoms with Crippen molar-refractivity contribution in [2.24, 2.45) is 5.10 Å². The third-order valence-electron chi connectivity index (χ3n) is 3.70. The highest BCUT2D eigenvalue weighted by Crippen LogP contribution is 2.35. The standard InChI is InChI=1S/C19H13Cl4N3OS/c1-10-6-11(20)2-4-17(10)25-19(28)26-24-9-12-3-5-18(27-12)13-7-15(22)16(23)8-14(13)21/h2-9H,1H3,(H2,25,26,28)/b24-9+. The highest BCUT2D eigenvalue weighted by molar-refractivity contribution is 7.80. The summed E-state index contributed by atoms with van der Waals surface area (Å²) >= 11 is 29.4. The largest absolute Gasteiger partial charge is 0.455 e. The summed E-state index contributed by atoms with van der Waals surface area (Å²) in [6.07, 6.45) is 1.50. The van der Waals surface area contributed by atoms with Crippen LogP contribution >= 0.6 is 58.6 Å². The number of nitrogens with one attached hydrogen (secondary N) is 2. The average Bonchev–Trinajstić information content (AvgIpc) is 3.09. The van der Waals surface area contributed by atoms with Gasteiger partial charge in [0, 0.05) is 16.3 Å². The van der Waals surface area contributed by atoms with Crippen molar-refractivity contribution in [1.29, 1.82) is 0 Å². The third kappa shape index (κ3) is 5.19. The third-order valence-corrected chi connectivity index (χ3v) is 5.16. The quantitative estimate of drug-likeness (QED) is 0.182. The van der Waals surface area contributed by atoms with Crippen LogP contribution in [0.4, 0.5) is 5.69 Å². The predicted octanol–water partition coefficient (Wildman–Crippen LogP) is 7.19. The summed E-state index contributed by atoms with van der Waals surface area (Å²) in [6.45, 7) is 1.93. The van der Waals surface area contributed by atoms with Crippen LogP contribution in [0.15, 0.2) is 52.0 Å². The Bertz CT molecular complexity index is 1070. The van der Waals surface area contributed by atoms with Crippen LogP contribution in [0.2, 0.25) is 20.1 Å². The van der Waals surface area contributed by atoms with E-state index in [0.717, 1.165) is 11.3 Å². The summed E-state index contributed by atoms with van der Waals surface area (Å²) in [5.41, 5.74) is 5.18. The number of nitrogens with zero attached hydrogens (tertiary/aromatic N) is 1. The maximum absolute atomic E-state index is 6.21. The van der Waals surface area contributed by atoms with Gasteiger partial charge in [-0.2, -0.15) is 5.10 Å². The highest BCUT2D eigenvalue weighted by atomic mass is 35.5. The van der Waals surface area contributed by atoms with Gasteiger partial charge in [0.1, 0.15) is 11.5 Å². The summed E-state index contributed by atoms with van der Waals surface area (Å²) < 4.78 is 5.72. The second kappa shape index (κ2) is 9.16. The number of hydrazone groups is 1. The van der Waals surface area contributed by atoms with Crippen LogP contribution in [0.1, 0.15) is 11.3 Å². The fourth-order valence-electron chi connectivity index (χ4n) is 2.35. The van der Waals surface area contributed by atoms with E-state index in [-0.39, 0.29) is 0 Å². The number of furan rings is 1. The van der Waals surface area contributed by atoms with Gasteiger partial charge in [-0.1, -0.05) is 46.4 Å². The minimum absolute atomic E-state index is 0.334. The van der Waals surface area contributed by atoms with Gasteiger partial charge in [-0.25, -0.2) is 0 Å². The number of aryl methyl sites for hydroxylation is 1. The maximum Gasteiger partial charge on any atom is 0.191 e. The van der Waals surface area contributed by atoms with Crippen LogP contribution < -0.4 is 10.7 Å². The molecular formula is C19H13Cl4N3OS. The Morgan fingerprint density at radius 3 is 2.50 bits per heavy atom. The predicted molar refractivity (Wildman–Crippen MR) is 122 cm³/mol. The monoisotopic (exact) mass is 471 g/mol. The molecule has 0 aliphatic carbocycles. The second-order valence-electron chi connectivity index (χ2n) is 5.73. The van der Waals surface area contributed by atoms with Gasteiger partial charge in [-0.05, 0) is 67.2 Å². The summed E-state index contributed by atoms with van der Waals surface area (Å²) in [5.74, 6) is 1.05. The van der Waals surface area contributed by atoms with Gasteiger partial charge in [0.05, 0.1) is 21.3 Å². The van der Waals surface area contributed by atoms with Crippen molar-refractivity contribution in [3.8, 4) is 11.3 Å². The lowest BCUT2D eigenvalue weighted by molar-refractivity contribution is 0.574. The number of benzene rings is 2. The Morgan fingerprint density at radius 2 is 1.75 bits per heavy atom. The van der Waals surface area contributed by atoms with Crippen molar-refractivity contribution in [1.82, 2.24) is 5.43 Å². The Hall–Kier alpha value is -1.76. The first-order chi connectivity index (χ1) is 13.3. The average molecular weight is 473 g/mol. The van der Waals surface area contributed by atoms with E-state index < -0.39 is 0 Å². The number of thiocarbonyl (C=S) groups is 1. The van der Waals surface area contributed by atoms with E-state index in [0.29, 0.717) is 42.3 Å². The van der Waals surface area contributed by atoms with E-state index >= 15 is 0 Å². The molecule has 0 unspecified atom stereocenters. The van der Waals surface area contributed by atoms with Crippen LogP contribution in [0.3, 0.4) is 0 Å². The first kappa shape index (κ1) is 21.0. The van der Waals surface area contributed by atoms with Gasteiger partial charge >= 0.3 is 0 Å². The molecule has 0 fully saturated rings. The van der Waals surface area contributed by atoms with Gasteiger partial charge in [-0.15, -0.1) is 0 Å². The molecular weight excluding hydrogens is 460 g/mol. The smallest absolute Gasteiger partial charge is 0.191 e. The molecule has 0 saturated heterocycles. The molecule has 0 saturated carbocycles. The fraction of sp³-hybridized carbons (Fsp3) is 0.0526. The Labute approximate surface area is 187 Å². The Morgan fingerprint density at radius 1 is 1.00 bits per heavy atom. The normalized spacial score (nSPS) is 11.0. The van der Waals surface area contributed by atoms with Gasteiger partial charge in [-0.3, -0.25) is 5.43 Å². The lowest BCUT2D eigenvalue weighted by Gasteiger charge is -2.09. The molecule has 2 aromatic carbocycles. The summed E-state index contributed by atoms with van der Waals surface area (Å²) in [7, 11) is 0. The summed E-state index contributed by atoms with van der Waals surface area (Å²) in [5, 5.41) is 9.32. The van der Waals surface area contributed by atoms with Gasteiger partial charge in [0.2, 0.25) is 0 Å².